The third kappa shape index (κ3) is 3.17. The molecule has 1 N–H and O–H groups in total. The van der Waals surface area contributed by atoms with Crippen LogP contribution in [0.3, 0.4) is 0 Å². The molecule has 0 radical (unpaired) electrons. The van der Waals surface area contributed by atoms with Crippen LogP contribution < -0.4 is 5.32 Å². The van der Waals surface area contributed by atoms with Crippen molar-refractivity contribution in [1.82, 2.24) is 15.0 Å². The van der Waals surface area contributed by atoms with Crippen LogP contribution in [0.5, 0.6) is 0 Å². The zero-order chi connectivity index (χ0) is 15.5. The molecule has 2 heterocycles. The van der Waals surface area contributed by atoms with E-state index in [1.165, 1.54) is 11.3 Å². The lowest BCUT2D eigenvalue weighted by atomic mass is 10.1. The number of aromatic nitrogens is 3. The first kappa shape index (κ1) is 14.3. The number of thiazole rings is 1. The average molecular weight is 310 g/mol. The van der Waals surface area contributed by atoms with E-state index in [1.807, 2.05) is 26.0 Å². The molecule has 0 aliphatic carbocycles. The topological polar surface area (TPSA) is 67.8 Å². The summed E-state index contributed by atoms with van der Waals surface area (Å²) in [7, 11) is 0. The van der Waals surface area contributed by atoms with Crippen molar-refractivity contribution in [2.45, 2.75) is 13.8 Å². The molecule has 0 unspecified atom stereocenters. The van der Waals surface area contributed by atoms with Gasteiger partial charge in [-0.05, 0) is 37.1 Å². The van der Waals surface area contributed by atoms with Gasteiger partial charge in [-0.1, -0.05) is 6.07 Å². The van der Waals surface area contributed by atoms with E-state index in [1.54, 1.807) is 24.0 Å². The molecular formula is C16H14N4OS. The highest BCUT2D eigenvalue weighted by Crippen LogP contribution is 2.22. The lowest BCUT2D eigenvalue weighted by molar-refractivity contribution is 0.102. The SMILES string of the molecule is Cc1cc(C)cc(NC(=O)c2csc(-c3cnccn3)n2)c1. The fourth-order valence-electron chi connectivity index (χ4n) is 2.15. The molecule has 6 heteroatoms. The smallest absolute Gasteiger partial charge is 0.275 e. The Morgan fingerprint density at radius 3 is 2.59 bits per heavy atom. The summed E-state index contributed by atoms with van der Waals surface area (Å²) in [6.45, 7) is 4.00. The van der Waals surface area contributed by atoms with Gasteiger partial charge in [-0.3, -0.25) is 14.8 Å². The maximum absolute atomic E-state index is 12.3. The molecule has 0 aliphatic heterocycles. The van der Waals surface area contributed by atoms with Crippen LogP contribution in [0.25, 0.3) is 10.7 Å². The standard InChI is InChI=1S/C16H14N4OS/c1-10-5-11(2)7-12(6-10)19-15(21)14-9-22-16(20-14)13-8-17-3-4-18-13/h3-9H,1-2H3,(H,19,21). The highest BCUT2D eigenvalue weighted by Gasteiger charge is 2.13. The lowest BCUT2D eigenvalue weighted by Crippen LogP contribution is -2.12. The maximum atomic E-state index is 12.3. The molecule has 110 valence electrons. The number of carbonyl (C=O) groups is 1. The van der Waals surface area contributed by atoms with Crippen molar-refractivity contribution in [2.24, 2.45) is 0 Å². The molecule has 0 saturated heterocycles. The van der Waals surface area contributed by atoms with Crippen LogP contribution in [0.2, 0.25) is 0 Å². The first-order valence-corrected chi connectivity index (χ1v) is 7.61. The van der Waals surface area contributed by atoms with Gasteiger partial charge in [0.2, 0.25) is 0 Å². The van der Waals surface area contributed by atoms with E-state index in [0.717, 1.165) is 16.8 Å². The van der Waals surface area contributed by atoms with E-state index in [4.69, 9.17) is 0 Å². The van der Waals surface area contributed by atoms with Crippen LogP contribution in [0.1, 0.15) is 21.6 Å². The van der Waals surface area contributed by atoms with Crippen LogP contribution in [0, 0.1) is 13.8 Å². The van der Waals surface area contributed by atoms with Gasteiger partial charge < -0.3 is 5.32 Å². The van der Waals surface area contributed by atoms with Crippen molar-refractivity contribution in [2.75, 3.05) is 5.32 Å². The molecule has 0 bridgehead atoms. The average Bonchev–Trinajstić information content (AvgIpc) is 2.97. The van der Waals surface area contributed by atoms with Crippen molar-refractivity contribution in [1.29, 1.82) is 0 Å². The first-order chi connectivity index (χ1) is 10.6. The number of rotatable bonds is 3. The summed E-state index contributed by atoms with van der Waals surface area (Å²) in [5.41, 5.74) is 4.03. The minimum absolute atomic E-state index is 0.226. The second-order valence-corrected chi connectivity index (χ2v) is 5.82. The number of nitrogens with zero attached hydrogens (tertiary/aromatic N) is 3. The van der Waals surface area contributed by atoms with Gasteiger partial charge in [0.25, 0.3) is 5.91 Å². The summed E-state index contributed by atoms with van der Waals surface area (Å²) in [4.78, 5) is 24.8. The highest BCUT2D eigenvalue weighted by molar-refractivity contribution is 7.13. The Morgan fingerprint density at radius 1 is 1.14 bits per heavy atom. The van der Waals surface area contributed by atoms with Crippen molar-refractivity contribution in [3.63, 3.8) is 0 Å². The second kappa shape index (κ2) is 6.03. The number of aryl methyl sites for hydroxylation is 2. The van der Waals surface area contributed by atoms with Crippen LogP contribution in [-0.2, 0) is 0 Å². The summed E-state index contributed by atoms with van der Waals surface area (Å²) >= 11 is 1.37. The zero-order valence-electron chi connectivity index (χ0n) is 12.2. The third-order valence-corrected chi connectivity index (χ3v) is 3.86. The van der Waals surface area contributed by atoms with Gasteiger partial charge in [0.1, 0.15) is 16.4 Å². The van der Waals surface area contributed by atoms with Crippen molar-refractivity contribution in [3.8, 4) is 10.7 Å². The van der Waals surface area contributed by atoms with Gasteiger partial charge in [-0.2, -0.15) is 0 Å². The van der Waals surface area contributed by atoms with E-state index in [0.29, 0.717) is 16.4 Å². The Labute approximate surface area is 132 Å². The predicted molar refractivity (Wildman–Crippen MR) is 87.0 cm³/mol. The number of hydrogen-bond acceptors (Lipinski definition) is 5. The highest BCUT2D eigenvalue weighted by atomic mass is 32.1. The minimum atomic E-state index is -0.226. The Hall–Kier alpha value is -2.60. The molecule has 0 spiro atoms. The molecule has 2 aromatic heterocycles. The van der Waals surface area contributed by atoms with Gasteiger partial charge in [-0.25, -0.2) is 4.98 Å². The molecule has 22 heavy (non-hydrogen) atoms. The number of amides is 1. The Kier molecular flexibility index (Phi) is 3.93. The molecule has 0 aliphatic rings. The van der Waals surface area contributed by atoms with Crippen LogP contribution >= 0.6 is 11.3 Å². The predicted octanol–water partition coefficient (Wildman–Crippen LogP) is 3.47. The Morgan fingerprint density at radius 2 is 1.91 bits per heavy atom. The van der Waals surface area contributed by atoms with Gasteiger partial charge in [0.15, 0.2) is 0 Å². The molecule has 1 aromatic carbocycles. The van der Waals surface area contributed by atoms with Crippen molar-refractivity contribution < 1.29 is 4.79 Å². The third-order valence-electron chi connectivity index (χ3n) is 3.00. The Balaban J connectivity index is 1.80. The molecule has 0 atom stereocenters. The summed E-state index contributed by atoms with van der Waals surface area (Å²) in [6.07, 6.45) is 4.83. The summed E-state index contributed by atoms with van der Waals surface area (Å²) in [5.74, 6) is -0.226. The minimum Gasteiger partial charge on any atom is -0.321 e. The largest absolute Gasteiger partial charge is 0.321 e. The number of hydrogen-bond donors (Lipinski definition) is 1. The molecule has 3 aromatic rings. The number of benzene rings is 1. The van der Waals surface area contributed by atoms with Gasteiger partial charge in [0, 0.05) is 23.5 Å². The van der Waals surface area contributed by atoms with Crippen molar-refractivity contribution >= 4 is 22.9 Å². The van der Waals surface area contributed by atoms with E-state index >= 15 is 0 Å². The number of nitrogens with one attached hydrogen (secondary N) is 1. The van der Waals surface area contributed by atoms with Crippen LogP contribution in [-0.4, -0.2) is 20.9 Å². The monoisotopic (exact) mass is 310 g/mol. The molecule has 1 amide bonds. The summed E-state index contributed by atoms with van der Waals surface area (Å²) in [5, 5.41) is 5.28. The molecule has 3 rings (SSSR count). The van der Waals surface area contributed by atoms with Gasteiger partial charge in [-0.15, -0.1) is 11.3 Å². The normalized spacial score (nSPS) is 10.5. The maximum Gasteiger partial charge on any atom is 0.275 e. The first-order valence-electron chi connectivity index (χ1n) is 6.73. The molecule has 0 fully saturated rings. The van der Waals surface area contributed by atoms with Gasteiger partial charge in [0.05, 0.1) is 6.20 Å². The summed E-state index contributed by atoms with van der Waals surface area (Å²) in [6, 6.07) is 5.92. The van der Waals surface area contributed by atoms with Gasteiger partial charge >= 0.3 is 0 Å². The van der Waals surface area contributed by atoms with E-state index < -0.39 is 0 Å². The van der Waals surface area contributed by atoms with E-state index in [-0.39, 0.29) is 5.91 Å². The fourth-order valence-corrected chi connectivity index (χ4v) is 2.91. The van der Waals surface area contributed by atoms with Crippen LogP contribution in [0.15, 0.2) is 42.2 Å². The Bertz CT molecular complexity index is 794. The second-order valence-electron chi connectivity index (χ2n) is 4.96. The quantitative estimate of drug-likeness (QED) is 0.804. The number of carbonyl (C=O) groups excluding carboxylic acids is 1. The number of anilines is 1. The fraction of sp³-hybridized carbons (Fsp3) is 0.125. The molecule has 0 saturated carbocycles. The van der Waals surface area contributed by atoms with Crippen LogP contribution in [0.4, 0.5) is 5.69 Å². The molecule has 5 nitrogen and oxygen atoms in total. The lowest BCUT2D eigenvalue weighted by Gasteiger charge is -2.06. The van der Waals surface area contributed by atoms with E-state index in [2.05, 4.69) is 26.3 Å². The zero-order valence-corrected chi connectivity index (χ0v) is 13.0. The van der Waals surface area contributed by atoms with E-state index in [9.17, 15) is 4.79 Å². The van der Waals surface area contributed by atoms with Crippen molar-refractivity contribution in [3.05, 3.63) is 59.0 Å². The summed E-state index contributed by atoms with van der Waals surface area (Å²) < 4.78 is 0. The molecular weight excluding hydrogens is 296 g/mol.